The molecule has 0 aromatic carbocycles. The summed E-state index contributed by atoms with van der Waals surface area (Å²) in [7, 11) is 0. The highest BCUT2D eigenvalue weighted by atomic mass is 32.2. The first kappa shape index (κ1) is 14.7. The zero-order valence-corrected chi connectivity index (χ0v) is 13.9. The number of amides is 1. The highest BCUT2D eigenvalue weighted by Crippen LogP contribution is 2.53. The summed E-state index contributed by atoms with van der Waals surface area (Å²) in [5.74, 6) is 0.500. The second-order valence-electron chi connectivity index (χ2n) is 6.53. The molecule has 3 aliphatic rings. The molecule has 0 bridgehead atoms. The second kappa shape index (κ2) is 4.82. The Kier molecular flexibility index (Phi) is 3.08. The number of ether oxygens (including phenoxy) is 1. The number of hydrogen-bond donors (Lipinski definition) is 2. The first-order chi connectivity index (χ1) is 10.9. The fourth-order valence-electron chi connectivity index (χ4n) is 3.24. The van der Waals surface area contributed by atoms with Gasteiger partial charge in [-0.2, -0.15) is 5.10 Å². The summed E-state index contributed by atoms with van der Waals surface area (Å²) in [4.78, 5) is 17.6. The summed E-state index contributed by atoms with van der Waals surface area (Å²) in [6, 6.07) is 0. The topological polar surface area (TPSA) is 87.6 Å². The molecule has 120 valence electrons. The van der Waals surface area contributed by atoms with E-state index in [1.165, 1.54) is 11.8 Å². The molecule has 0 fully saturated rings. The number of aliphatic imine (C=N–C) groups is 1. The number of carbonyl (C=O) groups is 1. The molecular weight excluding hydrogens is 314 g/mol. The van der Waals surface area contributed by atoms with E-state index >= 15 is 0 Å². The number of nitrogens with zero attached hydrogens (tertiary/aromatic N) is 2. The Balaban J connectivity index is 1.94. The molecule has 1 aromatic heterocycles. The van der Waals surface area contributed by atoms with Crippen LogP contribution >= 0.6 is 11.8 Å². The molecule has 1 aromatic rings. The number of aromatic nitrogens is 2. The van der Waals surface area contributed by atoms with E-state index in [0.29, 0.717) is 12.1 Å². The van der Waals surface area contributed by atoms with Crippen molar-refractivity contribution in [2.24, 2.45) is 4.99 Å². The Hall–Kier alpha value is -1.86. The molecule has 1 amide bonds. The van der Waals surface area contributed by atoms with E-state index in [-0.39, 0.29) is 17.3 Å². The third-order valence-electron chi connectivity index (χ3n) is 4.16. The van der Waals surface area contributed by atoms with Crippen LogP contribution in [0.1, 0.15) is 32.8 Å². The molecule has 0 saturated heterocycles. The fourth-order valence-corrected chi connectivity index (χ4v) is 4.51. The number of H-pyrrole nitrogens is 1. The molecule has 1 unspecified atom stereocenters. The number of allylic oxidation sites excluding steroid dienone is 1. The normalized spacial score (nSPS) is 27.1. The van der Waals surface area contributed by atoms with E-state index in [0.717, 1.165) is 27.4 Å². The fraction of sp³-hybridized carbons (Fsp3) is 0.438. The smallest absolute Gasteiger partial charge is 0.264 e. The molecule has 6 nitrogen and oxygen atoms in total. The highest BCUT2D eigenvalue weighted by molar-refractivity contribution is 8.10. The van der Waals surface area contributed by atoms with Gasteiger partial charge in [-0.25, -0.2) is 4.99 Å². The summed E-state index contributed by atoms with van der Waals surface area (Å²) in [6.45, 7) is 5.31. The van der Waals surface area contributed by atoms with Crippen LogP contribution in [0.15, 0.2) is 34.3 Å². The van der Waals surface area contributed by atoms with E-state index in [2.05, 4.69) is 15.2 Å². The van der Waals surface area contributed by atoms with E-state index in [1.54, 1.807) is 26.2 Å². The van der Waals surface area contributed by atoms with Crippen LogP contribution in [0.3, 0.4) is 0 Å². The zero-order valence-electron chi connectivity index (χ0n) is 13.1. The number of hydrogen-bond acceptors (Lipinski definition) is 5. The Bertz CT molecular complexity index is 784. The molecule has 3 aliphatic heterocycles. The Morgan fingerprint density at radius 1 is 1.48 bits per heavy atom. The Morgan fingerprint density at radius 2 is 2.26 bits per heavy atom. The van der Waals surface area contributed by atoms with Crippen molar-refractivity contribution in [3.8, 4) is 0 Å². The van der Waals surface area contributed by atoms with Crippen LogP contribution < -0.4 is 0 Å². The molecule has 0 saturated carbocycles. The molecule has 0 radical (unpaired) electrons. The summed E-state index contributed by atoms with van der Waals surface area (Å²) in [5.41, 5.74) is 2.03. The number of aromatic amines is 1. The van der Waals surface area contributed by atoms with Crippen LogP contribution in [-0.2, 0) is 9.53 Å². The van der Waals surface area contributed by atoms with Crippen LogP contribution in [0.5, 0.6) is 0 Å². The van der Waals surface area contributed by atoms with Gasteiger partial charge in [0.15, 0.2) is 0 Å². The first-order valence-electron chi connectivity index (χ1n) is 7.52. The van der Waals surface area contributed by atoms with Crippen molar-refractivity contribution in [1.82, 2.24) is 10.2 Å². The lowest BCUT2D eigenvalue weighted by molar-refractivity contribution is -0.117. The Morgan fingerprint density at radius 3 is 2.91 bits per heavy atom. The van der Waals surface area contributed by atoms with Gasteiger partial charge >= 0.3 is 0 Å². The van der Waals surface area contributed by atoms with Gasteiger partial charge in [0.2, 0.25) is 0 Å². The maximum atomic E-state index is 12.5. The monoisotopic (exact) mass is 331 g/mol. The van der Waals surface area contributed by atoms with Crippen LogP contribution in [0.25, 0.3) is 4.91 Å². The highest BCUT2D eigenvalue weighted by Gasteiger charge is 2.47. The number of rotatable bonds is 2. The molecule has 2 atom stereocenters. The predicted molar refractivity (Wildman–Crippen MR) is 87.8 cm³/mol. The summed E-state index contributed by atoms with van der Waals surface area (Å²) < 4.78 is 6.06. The van der Waals surface area contributed by atoms with Gasteiger partial charge in [0, 0.05) is 23.8 Å². The van der Waals surface area contributed by atoms with Gasteiger partial charge in [-0.05, 0) is 26.3 Å². The van der Waals surface area contributed by atoms with E-state index in [1.807, 2.05) is 6.92 Å². The summed E-state index contributed by atoms with van der Waals surface area (Å²) in [6.07, 6.45) is 4.12. The Labute approximate surface area is 137 Å². The number of aliphatic hydroxyl groups is 1. The number of dihydropyridines is 1. The minimum Gasteiger partial charge on any atom is -0.489 e. The lowest BCUT2D eigenvalue weighted by Crippen LogP contribution is -2.41. The number of carbonyl (C=O) groups excluding carboxylic acids is 1. The largest absolute Gasteiger partial charge is 0.489 e. The van der Waals surface area contributed by atoms with Gasteiger partial charge in [-0.3, -0.25) is 9.89 Å². The van der Waals surface area contributed by atoms with Crippen LogP contribution in [0.2, 0.25) is 0 Å². The molecule has 2 N–H and O–H groups in total. The van der Waals surface area contributed by atoms with E-state index < -0.39 is 5.60 Å². The second-order valence-corrected chi connectivity index (χ2v) is 7.64. The average molecular weight is 331 g/mol. The molecule has 0 aliphatic carbocycles. The van der Waals surface area contributed by atoms with Crippen LogP contribution in [0.4, 0.5) is 0 Å². The molecule has 4 rings (SSSR count). The van der Waals surface area contributed by atoms with Crippen molar-refractivity contribution in [3.63, 3.8) is 0 Å². The van der Waals surface area contributed by atoms with Gasteiger partial charge in [-0.15, -0.1) is 11.8 Å². The van der Waals surface area contributed by atoms with Crippen molar-refractivity contribution in [2.45, 2.75) is 44.1 Å². The van der Waals surface area contributed by atoms with Crippen molar-refractivity contribution in [1.29, 1.82) is 0 Å². The molecule has 0 spiro atoms. The molecule has 4 heterocycles. The maximum Gasteiger partial charge on any atom is 0.264 e. The summed E-state index contributed by atoms with van der Waals surface area (Å²) >= 11 is 1.45. The van der Waals surface area contributed by atoms with Crippen molar-refractivity contribution < 1.29 is 14.6 Å². The van der Waals surface area contributed by atoms with Crippen molar-refractivity contribution in [3.05, 3.63) is 34.9 Å². The van der Waals surface area contributed by atoms with Gasteiger partial charge in [-0.1, -0.05) is 0 Å². The SMILES string of the molecule is C[C@H]1CC2=C3C(=C(c4cn[nH]c4)SC3C(=O)N=C2C(C)(C)O)O1. The van der Waals surface area contributed by atoms with Gasteiger partial charge in [0.05, 0.1) is 16.8 Å². The molecular formula is C16H17N3O3S. The van der Waals surface area contributed by atoms with E-state index in [4.69, 9.17) is 4.74 Å². The van der Waals surface area contributed by atoms with Gasteiger partial charge in [0.25, 0.3) is 5.91 Å². The maximum absolute atomic E-state index is 12.5. The number of thioether (sulfide) groups is 1. The lowest BCUT2D eigenvalue weighted by atomic mass is 9.83. The van der Waals surface area contributed by atoms with Crippen molar-refractivity contribution >= 4 is 28.3 Å². The lowest BCUT2D eigenvalue weighted by Gasteiger charge is -2.34. The molecule has 23 heavy (non-hydrogen) atoms. The first-order valence-corrected chi connectivity index (χ1v) is 8.40. The van der Waals surface area contributed by atoms with E-state index in [9.17, 15) is 9.90 Å². The summed E-state index contributed by atoms with van der Waals surface area (Å²) in [5, 5.41) is 16.8. The number of nitrogens with one attached hydrogen (secondary N) is 1. The van der Waals surface area contributed by atoms with Crippen LogP contribution in [0, 0.1) is 0 Å². The van der Waals surface area contributed by atoms with Crippen LogP contribution in [-0.4, -0.2) is 43.9 Å². The van der Waals surface area contributed by atoms with Gasteiger partial charge in [0.1, 0.15) is 22.7 Å². The minimum absolute atomic E-state index is 0.0363. The minimum atomic E-state index is -1.16. The average Bonchev–Trinajstić information content (AvgIpc) is 3.08. The third kappa shape index (κ3) is 2.18. The van der Waals surface area contributed by atoms with Crippen molar-refractivity contribution in [2.75, 3.05) is 0 Å². The molecule has 7 heteroatoms. The van der Waals surface area contributed by atoms with Gasteiger partial charge < -0.3 is 9.84 Å². The predicted octanol–water partition coefficient (Wildman–Crippen LogP) is 2.05. The third-order valence-corrected chi connectivity index (χ3v) is 5.49. The quantitative estimate of drug-likeness (QED) is 0.866. The standard InChI is InChI=1S/C16H17N3O3S/c1-7-4-9-10-11(22-7)12(8-5-17-18-6-8)23-13(10)15(20)19-14(9)16(2,3)21/h5-7,13,21H,4H2,1-3H3,(H,17,18)/t7-,13?/m0/s1. The zero-order chi connectivity index (χ0) is 16.4.